The first-order valence-electron chi connectivity index (χ1n) is 13.1. The van der Waals surface area contributed by atoms with Crippen molar-refractivity contribution in [3.63, 3.8) is 0 Å². The summed E-state index contributed by atoms with van der Waals surface area (Å²) in [4.78, 5) is 42.5. The summed E-state index contributed by atoms with van der Waals surface area (Å²) in [5.41, 5.74) is -0.531. The van der Waals surface area contributed by atoms with Crippen molar-refractivity contribution in [2.45, 2.75) is 55.5 Å². The summed E-state index contributed by atoms with van der Waals surface area (Å²) < 4.78 is 8.71. The fourth-order valence-corrected chi connectivity index (χ4v) is 5.37. The predicted molar refractivity (Wildman–Crippen MR) is 159 cm³/mol. The molecule has 9 nitrogen and oxygen atoms in total. The van der Waals surface area contributed by atoms with Crippen LogP contribution in [0.25, 0.3) is 0 Å². The molecule has 1 heterocycles. The lowest BCUT2D eigenvalue weighted by molar-refractivity contribution is -0.137. The maximum Gasteiger partial charge on any atom is 0.410 e. The van der Waals surface area contributed by atoms with Gasteiger partial charge in [-0.25, -0.2) is 9.59 Å². The normalized spacial score (nSPS) is 19.0. The fraction of sp³-hybridized carbons (Fsp3) is 0.483. The minimum atomic E-state index is -1.84. The lowest BCUT2D eigenvalue weighted by atomic mass is 9.70. The summed E-state index contributed by atoms with van der Waals surface area (Å²) in [6.07, 6.45) is -1.44. The molecule has 2 atom stereocenters. The van der Waals surface area contributed by atoms with E-state index in [2.05, 4.69) is 5.32 Å². The third-order valence-electron chi connectivity index (χ3n) is 7.32. The van der Waals surface area contributed by atoms with E-state index in [1.807, 2.05) is 51.1 Å². The van der Waals surface area contributed by atoms with Gasteiger partial charge in [0.25, 0.3) is 0 Å². The Kier molecular flexibility index (Phi) is 10.7. The van der Waals surface area contributed by atoms with Crippen LogP contribution in [-0.2, 0) is 22.5 Å². The quantitative estimate of drug-likeness (QED) is 0.335. The van der Waals surface area contributed by atoms with Crippen LogP contribution in [-0.4, -0.2) is 75.2 Å². The number of nitrogens with one attached hydrogen (secondary N) is 1. The molecule has 12 heteroatoms. The second-order valence-corrected chi connectivity index (χ2v) is 13.5. The number of likely N-dealkylation sites (tertiary alicyclic amines) is 1. The largest absolute Gasteiger partial charge is 0.497 e. The van der Waals surface area contributed by atoms with Crippen molar-refractivity contribution in [2.75, 3.05) is 26.8 Å². The van der Waals surface area contributed by atoms with E-state index in [4.69, 9.17) is 44.3 Å². The minimum absolute atomic E-state index is 0.0407. The Bertz CT molecular complexity index is 1200. The van der Waals surface area contributed by atoms with E-state index >= 15 is 0 Å². The highest BCUT2D eigenvalue weighted by Crippen LogP contribution is 2.46. The summed E-state index contributed by atoms with van der Waals surface area (Å²) in [7, 11) is 1.55. The molecular formula is C29H36Cl3N3O6. The molecule has 224 valence electrons. The van der Waals surface area contributed by atoms with Crippen LogP contribution >= 0.6 is 34.8 Å². The Morgan fingerprint density at radius 1 is 1.05 bits per heavy atom. The number of benzene rings is 2. The summed E-state index contributed by atoms with van der Waals surface area (Å²) in [5, 5.41) is 13.3. The molecule has 3 amide bonds. The van der Waals surface area contributed by atoms with Gasteiger partial charge < -0.3 is 19.9 Å². The minimum Gasteiger partial charge on any atom is -0.497 e. The second-order valence-electron chi connectivity index (χ2n) is 11.0. The number of carbonyl (C=O) groups excluding carboxylic acids is 2. The van der Waals surface area contributed by atoms with Gasteiger partial charge in [0, 0.05) is 26.1 Å². The van der Waals surface area contributed by atoms with Crippen molar-refractivity contribution in [2.24, 2.45) is 5.41 Å². The highest BCUT2D eigenvalue weighted by atomic mass is 35.6. The lowest BCUT2D eigenvalue weighted by Gasteiger charge is -2.45. The zero-order chi connectivity index (χ0) is 30.4. The fourth-order valence-electron chi connectivity index (χ4n) is 5.21. The Morgan fingerprint density at radius 2 is 1.68 bits per heavy atom. The van der Waals surface area contributed by atoms with E-state index in [1.165, 1.54) is 4.90 Å². The Balaban J connectivity index is 1.93. The molecule has 2 aromatic rings. The number of halogens is 3. The average Bonchev–Trinajstić information content (AvgIpc) is 3.33. The molecule has 1 saturated heterocycles. The molecule has 1 fully saturated rings. The van der Waals surface area contributed by atoms with Crippen molar-refractivity contribution in [3.8, 4) is 5.75 Å². The number of carbonyl (C=O) groups is 3. The number of nitrogens with zero attached hydrogens (tertiary/aromatic N) is 2. The zero-order valence-corrected chi connectivity index (χ0v) is 25.8. The Hall–Kier alpha value is -2.88. The van der Waals surface area contributed by atoms with Crippen LogP contribution in [0.2, 0.25) is 0 Å². The van der Waals surface area contributed by atoms with Gasteiger partial charge in [-0.3, -0.25) is 14.6 Å². The highest BCUT2D eigenvalue weighted by molar-refractivity contribution is 6.67. The number of carboxylic acid groups (broad SMARTS) is 1. The van der Waals surface area contributed by atoms with Crippen molar-refractivity contribution in [1.29, 1.82) is 0 Å². The van der Waals surface area contributed by atoms with E-state index in [-0.39, 0.29) is 19.5 Å². The predicted octanol–water partition coefficient (Wildman–Crippen LogP) is 5.90. The molecule has 0 bridgehead atoms. The van der Waals surface area contributed by atoms with Gasteiger partial charge in [0.1, 0.15) is 17.9 Å². The van der Waals surface area contributed by atoms with Crippen molar-refractivity contribution in [3.05, 3.63) is 65.7 Å². The first-order valence-corrected chi connectivity index (χ1v) is 14.3. The number of hydrogen-bond donors (Lipinski definition) is 2. The van der Waals surface area contributed by atoms with Crippen LogP contribution in [0.3, 0.4) is 0 Å². The molecule has 0 saturated carbocycles. The lowest BCUT2D eigenvalue weighted by Crippen LogP contribution is -2.64. The molecule has 0 unspecified atom stereocenters. The molecule has 0 aliphatic carbocycles. The molecule has 2 N–H and O–H groups in total. The SMILES string of the molecule is COc1ccc(CN(C(=O)OCC(Cl)(Cl)Cl)[C@@H]2CN(C(=O)O)[C@](C(=O)NCCc3ccccc3)(C(C)(C)C)C2)cc1. The van der Waals surface area contributed by atoms with E-state index in [0.29, 0.717) is 18.7 Å². The van der Waals surface area contributed by atoms with Gasteiger partial charge in [0.15, 0.2) is 0 Å². The van der Waals surface area contributed by atoms with Crippen LogP contribution in [0, 0.1) is 5.41 Å². The average molecular weight is 629 g/mol. The molecule has 1 aliphatic rings. The third-order valence-corrected chi connectivity index (χ3v) is 7.65. The number of amides is 3. The second kappa shape index (κ2) is 13.4. The van der Waals surface area contributed by atoms with E-state index in [1.54, 1.807) is 31.4 Å². The summed E-state index contributed by atoms with van der Waals surface area (Å²) in [6.45, 7) is 5.22. The molecule has 2 aromatic carbocycles. The Morgan fingerprint density at radius 3 is 2.22 bits per heavy atom. The number of ether oxygens (including phenoxy) is 2. The summed E-state index contributed by atoms with van der Waals surface area (Å²) in [6, 6.07) is 16.0. The van der Waals surface area contributed by atoms with Crippen LogP contribution in [0.15, 0.2) is 54.6 Å². The molecule has 0 aromatic heterocycles. The van der Waals surface area contributed by atoms with Gasteiger partial charge in [-0.05, 0) is 35.1 Å². The molecule has 0 radical (unpaired) electrons. The van der Waals surface area contributed by atoms with E-state index in [9.17, 15) is 19.5 Å². The number of alkyl halides is 3. The maximum atomic E-state index is 13.9. The van der Waals surface area contributed by atoms with E-state index < -0.39 is 45.5 Å². The molecule has 3 rings (SSSR count). The zero-order valence-electron chi connectivity index (χ0n) is 23.5. The molecular weight excluding hydrogens is 593 g/mol. The first kappa shape index (κ1) is 32.6. The van der Waals surface area contributed by atoms with Crippen LogP contribution in [0.1, 0.15) is 38.3 Å². The molecule has 0 spiro atoms. The number of hydrogen-bond acceptors (Lipinski definition) is 5. The topological polar surface area (TPSA) is 108 Å². The van der Waals surface area contributed by atoms with Gasteiger partial charge in [-0.15, -0.1) is 0 Å². The maximum absolute atomic E-state index is 13.9. The summed E-state index contributed by atoms with van der Waals surface area (Å²) >= 11 is 17.5. The van der Waals surface area contributed by atoms with Gasteiger partial charge in [-0.1, -0.05) is 98.0 Å². The molecule has 41 heavy (non-hydrogen) atoms. The van der Waals surface area contributed by atoms with Crippen LogP contribution in [0.4, 0.5) is 9.59 Å². The van der Waals surface area contributed by atoms with Crippen LogP contribution in [0.5, 0.6) is 5.75 Å². The van der Waals surface area contributed by atoms with E-state index in [0.717, 1.165) is 16.0 Å². The smallest absolute Gasteiger partial charge is 0.410 e. The van der Waals surface area contributed by atoms with Gasteiger partial charge in [0.2, 0.25) is 9.70 Å². The Labute approximate surface area is 255 Å². The van der Waals surface area contributed by atoms with Crippen molar-refractivity contribution < 1.29 is 29.0 Å². The van der Waals surface area contributed by atoms with Crippen LogP contribution < -0.4 is 10.1 Å². The number of methoxy groups -OCH3 is 1. The standard InChI is InChI=1S/C29H36Cl3N3O6/c1-27(2,3)28(24(36)33-15-14-20-8-6-5-7-9-20)16-22(18-35(28)25(37)38)34(26(39)41-19-29(30,31)32)17-21-10-12-23(40-4)13-11-21/h5-13,22H,14-19H2,1-4H3,(H,33,36)(H,37,38)/t22-,28+/m0/s1. The van der Waals surface area contributed by atoms with Crippen molar-refractivity contribution in [1.82, 2.24) is 15.1 Å². The molecule has 1 aliphatic heterocycles. The first-order chi connectivity index (χ1) is 19.2. The van der Waals surface area contributed by atoms with Gasteiger partial charge in [-0.2, -0.15) is 0 Å². The highest BCUT2D eigenvalue weighted by Gasteiger charge is 2.61. The van der Waals surface area contributed by atoms with Gasteiger partial charge in [0.05, 0.1) is 13.2 Å². The third kappa shape index (κ3) is 8.11. The number of rotatable bonds is 9. The van der Waals surface area contributed by atoms with Gasteiger partial charge >= 0.3 is 12.2 Å². The monoisotopic (exact) mass is 627 g/mol. The van der Waals surface area contributed by atoms with Crippen molar-refractivity contribution >= 4 is 52.9 Å². The summed E-state index contributed by atoms with van der Waals surface area (Å²) in [5.74, 6) is 0.209.